The van der Waals surface area contributed by atoms with Gasteiger partial charge in [-0.1, -0.05) is 62.8 Å². The lowest BCUT2D eigenvalue weighted by molar-refractivity contribution is -0.259. The minimum absolute atomic E-state index is 0.192. The maximum absolute atomic E-state index is 14.8. The molecule has 2 aliphatic carbocycles. The molecular formula is C29H35NO6. The number of carbonyl (C=O) groups is 3. The first-order chi connectivity index (χ1) is 16.8. The number of nitrogens with one attached hydrogen (secondary N) is 1. The van der Waals surface area contributed by atoms with E-state index in [4.69, 9.17) is 4.74 Å². The number of ether oxygens (including phenoxy) is 1. The van der Waals surface area contributed by atoms with Crippen LogP contribution in [0.2, 0.25) is 0 Å². The van der Waals surface area contributed by atoms with Crippen molar-refractivity contribution in [1.29, 1.82) is 0 Å². The number of rotatable bonds is 1. The van der Waals surface area contributed by atoms with Crippen molar-refractivity contribution >= 4 is 17.6 Å². The summed E-state index contributed by atoms with van der Waals surface area (Å²) in [6.45, 7) is 9.63. The van der Waals surface area contributed by atoms with Gasteiger partial charge in [-0.3, -0.25) is 19.7 Å². The normalized spacial score (nSPS) is 51.6. The molecule has 3 heterocycles. The van der Waals surface area contributed by atoms with Crippen LogP contribution in [0.5, 0.6) is 0 Å². The lowest BCUT2D eigenvalue weighted by Gasteiger charge is -2.56. The van der Waals surface area contributed by atoms with Crippen molar-refractivity contribution in [3.05, 3.63) is 47.5 Å². The molecule has 7 heteroatoms. The van der Waals surface area contributed by atoms with E-state index in [0.717, 1.165) is 5.57 Å². The number of aliphatic hydroxyl groups is 2. The Kier molecular flexibility index (Phi) is 4.77. The van der Waals surface area contributed by atoms with Crippen LogP contribution >= 0.6 is 0 Å². The minimum Gasteiger partial charge on any atom is -0.384 e. The van der Waals surface area contributed by atoms with E-state index in [0.29, 0.717) is 18.4 Å². The number of imide groups is 1. The third-order valence-corrected chi connectivity index (χ3v) is 10.4. The van der Waals surface area contributed by atoms with Crippen molar-refractivity contribution in [3.8, 4) is 0 Å². The van der Waals surface area contributed by atoms with Crippen LogP contribution in [0.3, 0.4) is 0 Å². The number of piperidine rings is 1. The monoisotopic (exact) mass is 493 g/mol. The zero-order valence-corrected chi connectivity index (χ0v) is 21.4. The summed E-state index contributed by atoms with van der Waals surface area (Å²) in [5, 5.41) is 27.3. The van der Waals surface area contributed by atoms with E-state index in [1.54, 1.807) is 6.08 Å². The van der Waals surface area contributed by atoms with Gasteiger partial charge in [0.05, 0.1) is 17.4 Å². The number of Topliss-reactive ketones (excluding diaryl/α,β-unsaturated/α-hetero) is 1. The topological polar surface area (TPSA) is 113 Å². The van der Waals surface area contributed by atoms with Crippen LogP contribution in [0.15, 0.2) is 42.0 Å². The first-order valence-corrected chi connectivity index (χ1v) is 13.1. The van der Waals surface area contributed by atoms with Gasteiger partial charge in [-0.05, 0) is 44.1 Å². The molecule has 3 saturated heterocycles. The van der Waals surface area contributed by atoms with E-state index < -0.39 is 63.7 Å². The number of hydrogen-bond acceptors (Lipinski definition) is 6. The van der Waals surface area contributed by atoms with E-state index in [1.165, 1.54) is 0 Å². The molecule has 192 valence electrons. The first kappa shape index (κ1) is 24.0. The van der Waals surface area contributed by atoms with E-state index >= 15 is 0 Å². The van der Waals surface area contributed by atoms with E-state index in [2.05, 4.69) is 12.2 Å². The summed E-state index contributed by atoms with van der Waals surface area (Å²) in [7, 11) is 0. The van der Waals surface area contributed by atoms with Crippen LogP contribution < -0.4 is 5.32 Å². The van der Waals surface area contributed by atoms with Gasteiger partial charge in [0.1, 0.15) is 11.0 Å². The number of fused-ring (bicyclic) bond motifs is 6. The van der Waals surface area contributed by atoms with Gasteiger partial charge in [0.2, 0.25) is 11.8 Å². The van der Waals surface area contributed by atoms with E-state index in [1.807, 2.05) is 58.0 Å². The van der Waals surface area contributed by atoms with Gasteiger partial charge in [-0.15, -0.1) is 0 Å². The fourth-order valence-electron chi connectivity index (χ4n) is 9.19. The number of allylic oxidation sites excluding steroid dienone is 1. The molecule has 1 spiro atoms. The molecule has 5 aliphatic rings. The van der Waals surface area contributed by atoms with Crippen molar-refractivity contribution in [2.24, 2.45) is 40.9 Å². The van der Waals surface area contributed by atoms with Gasteiger partial charge in [0.15, 0.2) is 11.6 Å². The molecule has 0 radical (unpaired) electrons. The van der Waals surface area contributed by atoms with Gasteiger partial charge < -0.3 is 14.9 Å². The summed E-state index contributed by atoms with van der Waals surface area (Å²) in [5.41, 5.74) is -3.33. The van der Waals surface area contributed by atoms with E-state index in [9.17, 15) is 24.6 Å². The molecule has 11 atom stereocenters. The predicted octanol–water partition coefficient (Wildman–Crippen LogP) is 2.71. The van der Waals surface area contributed by atoms with Crippen molar-refractivity contribution in [3.63, 3.8) is 0 Å². The Morgan fingerprint density at radius 1 is 1.06 bits per heavy atom. The average molecular weight is 494 g/mol. The van der Waals surface area contributed by atoms with Gasteiger partial charge >= 0.3 is 0 Å². The highest BCUT2D eigenvalue weighted by atomic mass is 16.7. The summed E-state index contributed by atoms with van der Waals surface area (Å²) in [6, 6.07) is 9.16. The molecule has 1 aromatic rings. The second kappa shape index (κ2) is 7.15. The molecule has 3 N–H and O–H groups in total. The maximum Gasteiger partial charge on any atom is 0.243 e. The maximum atomic E-state index is 14.8. The van der Waals surface area contributed by atoms with Crippen LogP contribution in [-0.4, -0.2) is 44.8 Å². The van der Waals surface area contributed by atoms with Gasteiger partial charge in [0.25, 0.3) is 0 Å². The molecule has 36 heavy (non-hydrogen) atoms. The van der Waals surface area contributed by atoms with Gasteiger partial charge in [0, 0.05) is 17.8 Å². The Bertz CT molecular complexity index is 1210. The molecule has 6 rings (SSSR count). The van der Waals surface area contributed by atoms with Crippen molar-refractivity contribution in [2.45, 2.75) is 70.4 Å². The zero-order valence-electron chi connectivity index (χ0n) is 21.4. The second-order valence-corrected chi connectivity index (χ2v) is 12.5. The fraction of sp³-hybridized carbons (Fsp3) is 0.621. The van der Waals surface area contributed by atoms with Crippen LogP contribution in [-0.2, 0) is 19.1 Å². The standard InChI is InChI=1S/C29H35NO6/c1-14-11-16(3)29(35)21-22(26(5,12-14)36-29)27(34)13-15(2)17(4)20-19(18-9-7-6-8-10-18)24(32)30-25(33)28(20,27)23(21)31/h6-10,13-14,16-17,19-22,34-35H,11-12H2,1-5H3,(H,30,32,33)/t14-,16+,17-,19+,20+,21-,22-,26+,27-,28-,29-/m1/s1. The Morgan fingerprint density at radius 3 is 2.39 bits per heavy atom. The molecule has 2 bridgehead atoms. The third-order valence-electron chi connectivity index (χ3n) is 10.4. The Labute approximate surface area is 211 Å². The highest BCUT2D eigenvalue weighted by molar-refractivity contribution is 6.19. The summed E-state index contributed by atoms with van der Waals surface area (Å²) in [4.78, 5) is 42.2. The number of amides is 2. The highest BCUT2D eigenvalue weighted by Gasteiger charge is 2.86. The molecule has 1 saturated carbocycles. The van der Waals surface area contributed by atoms with Crippen molar-refractivity contribution in [2.75, 3.05) is 0 Å². The Balaban J connectivity index is 1.65. The summed E-state index contributed by atoms with van der Waals surface area (Å²) < 4.78 is 6.38. The summed E-state index contributed by atoms with van der Waals surface area (Å²) in [5.74, 6) is -7.54. The second-order valence-electron chi connectivity index (χ2n) is 12.5. The number of ketones is 1. The highest BCUT2D eigenvalue weighted by Crippen LogP contribution is 2.72. The molecule has 4 fully saturated rings. The first-order valence-electron chi connectivity index (χ1n) is 13.1. The summed E-state index contributed by atoms with van der Waals surface area (Å²) >= 11 is 0. The zero-order chi connectivity index (χ0) is 26.0. The minimum atomic E-state index is -1.91. The Morgan fingerprint density at radius 2 is 1.72 bits per heavy atom. The van der Waals surface area contributed by atoms with Crippen LogP contribution in [0.4, 0.5) is 0 Å². The number of benzene rings is 1. The van der Waals surface area contributed by atoms with Gasteiger partial charge in [-0.25, -0.2) is 0 Å². The van der Waals surface area contributed by atoms with E-state index in [-0.39, 0.29) is 17.8 Å². The molecule has 0 aromatic heterocycles. The largest absolute Gasteiger partial charge is 0.384 e. The SMILES string of the molecule is CC1=C[C@@]2(O)[C@@H]3[C@H](C(=O)[C@]24C(=O)NC(=O)[C@@H](c2ccccc2)[C@@H]4[C@@H]1C)[C@]1(O)O[C@@]3(C)C[C@H](C)C[C@@H]1C. The number of hydrogen-bond donors (Lipinski definition) is 3. The lowest BCUT2D eigenvalue weighted by atomic mass is 9.48. The average Bonchev–Trinajstić information content (AvgIpc) is 3.13. The molecule has 3 aliphatic heterocycles. The smallest absolute Gasteiger partial charge is 0.243 e. The van der Waals surface area contributed by atoms with Crippen LogP contribution in [0.25, 0.3) is 0 Å². The summed E-state index contributed by atoms with van der Waals surface area (Å²) in [6.07, 6.45) is 2.89. The fourth-order valence-corrected chi connectivity index (χ4v) is 9.19. The molecule has 0 unspecified atom stereocenters. The predicted molar refractivity (Wildman–Crippen MR) is 130 cm³/mol. The van der Waals surface area contributed by atoms with Gasteiger partial charge in [-0.2, -0.15) is 0 Å². The molecular weight excluding hydrogens is 458 g/mol. The Hall–Kier alpha value is -2.35. The van der Waals surface area contributed by atoms with Crippen molar-refractivity contribution in [1.82, 2.24) is 5.32 Å². The van der Waals surface area contributed by atoms with Crippen LogP contribution in [0, 0.1) is 40.9 Å². The van der Waals surface area contributed by atoms with Crippen molar-refractivity contribution < 1.29 is 29.3 Å². The lowest BCUT2D eigenvalue weighted by Crippen LogP contribution is -2.72. The molecule has 7 nitrogen and oxygen atoms in total. The quantitative estimate of drug-likeness (QED) is 0.315. The van der Waals surface area contributed by atoms with Crippen LogP contribution in [0.1, 0.15) is 58.9 Å². The molecule has 2 amide bonds. The number of carbonyl (C=O) groups excluding carboxylic acids is 3. The molecule has 1 aromatic carbocycles. The third kappa shape index (κ3) is 2.52.